The van der Waals surface area contributed by atoms with Crippen LogP contribution in [0.4, 0.5) is 0 Å². The number of halogens is 1. The molecule has 0 saturated carbocycles. The molecule has 1 aromatic rings. The largest absolute Gasteiger partial charge is 0.508 e. The Kier molecular flexibility index (Phi) is 7.70. The predicted molar refractivity (Wildman–Crippen MR) is 71.7 cm³/mol. The second kappa shape index (κ2) is 8.17. The van der Waals surface area contributed by atoms with E-state index in [1.54, 1.807) is 25.3 Å². The van der Waals surface area contributed by atoms with Crippen molar-refractivity contribution >= 4 is 12.4 Å². The monoisotopic (exact) mass is 260 g/mol. The Labute approximate surface area is 108 Å². The summed E-state index contributed by atoms with van der Waals surface area (Å²) >= 11 is 0. The summed E-state index contributed by atoms with van der Waals surface area (Å²) in [6.45, 7) is 0.694. The Morgan fingerprint density at radius 1 is 1.35 bits per heavy atom. The highest BCUT2D eigenvalue weighted by Crippen LogP contribution is 2.29. The number of unbranched alkanes of at least 4 members (excludes halogenated alkanes) is 1. The summed E-state index contributed by atoms with van der Waals surface area (Å²) in [5.74, 6) is 0.829. The van der Waals surface area contributed by atoms with Gasteiger partial charge in [0.2, 0.25) is 0 Å². The molecule has 0 fully saturated rings. The van der Waals surface area contributed by atoms with Crippen LogP contribution in [0.1, 0.15) is 30.9 Å². The van der Waals surface area contributed by atoms with Crippen LogP contribution >= 0.6 is 12.4 Å². The SMILES string of the molecule is COc1cc(O)ccc1[C@@H](N)CCCCN.Cl. The first-order valence-electron chi connectivity index (χ1n) is 5.51. The zero-order chi connectivity index (χ0) is 12.0. The van der Waals surface area contributed by atoms with E-state index in [1.807, 2.05) is 0 Å². The number of ether oxygens (including phenoxy) is 1. The molecule has 0 aliphatic carbocycles. The molecule has 0 spiro atoms. The number of methoxy groups -OCH3 is 1. The van der Waals surface area contributed by atoms with Gasteiger partial charge in [-0.2, -0.15) is 0 Å². The minimum atomic E-state index is -0.0675. The number of hydrogen-bond acceptors (Lipinski definition) is 4. The van der Waals surface area contributed by atoms with Crippen molar-refractivity contribution in [2.45, 2.75) is 25.3 Å². The fourth-order valence-corrected chi connectivity index (χ4v) is 1.67. The fraction of sp³-hybridized carbons (Fsp3) is 0.500. The zero-order valence-electron chi connectivity index (χ0n) is 10.1. The van der Waals surface area contributed by atoms with Gasteiger partial charge in [0, 0.05) is 17.7 Å². The highest BCUT2D eigenvalue weighted by molar-refractivity contribution is 5.85. The molecular weight excluding hydrogens is 240 g/mol. The molecule has 5 heteroatoms. The van der Waals surface area contributed by atoms with Gasteiger partial charge in [-0.05, 0) is 25.5 Å². The minimum absolute atomic E-state index is 0. The Hall–Kier alpha value is -0.970. The summed E-state index contributed by atoms with van der Waals surface area (Å²) in [4.78, 5) is 0. The normalized spacial score (nSPS) is 11.7. The van der Waals surface area contributed by atoms with Crippen LogP contribution in [-0.2, 0) is 0 Å². The maximum atomic E-state index is 9.33. The van der Waals surface area contributed by atoms with Gasteiger partial charge in [0.15, 0.2) is 0 Å². The van der Waals surface area contributed by atoms with E-state index >= 15 is 0 Å². The lowest BCUT2D eigenvalue weighted by Crippen LogP contribution is -2.12. The first kappa shape index (κ1) is 16.0. The van der Waals surface area contributed by atoms with Crippen molar-refractivity contribution in [3.05, 3.63) is 23.8 Å². The van der Waals surface area contributed by atoms with E-state index in [0.29, 0.717) is 12.3 Å². The molecule has 0 unspecified atom stereocenters. The highest BCUT2D eigenvalue weighted by atomic mass is 35.5. The summed E-state index contributed by atoms with van der Waals surface area (Å²) in [6.07, 6.45) is 2.86. The van der Waals surface area contributed by atoms with Gasteiger partial charge in [0.25, 0.3) is 0 Å². The molecule has 17 heavy (non-hydrogen) atoms. The molecule has 0 radical (unpaired) electrons. The van der Waals surface area contributed by atoms with E-state index in [2.05, 4.69) is 0 Å². The molecule has 0 bridgehead atoms. The van der Waals surface area contributed by atoms with Crippen molar-refractivity contribution in [2.24, 2.45) is 11.5 Å². The fourth-order valence-electron chi connectivity index (χ4n) is 1.67. The van der Waals surface area contributed by atoms with Crippen LogP contribution in [0.5, 0.6) is 11.5 Å². The number of rotatable bonds is 6. The maximum Gasteiger partial charge on any atom is 0.127 e. The molecule has 0 aromatic heterocycles. The number of benzene rings is 1. The molecule has 1 atom stereocenters. The number of phenolic OH excluding ortho intramolecular Hbond substituents is 1. The molecule has 1 aromatic carbocycles. The molecule has 1 rings (SSSR count). The molecule has 98 valence electrons. The first-order chi connectivity index (χ1) is 7.69. The predicted octanol–water partition coefficient (Wildman–Crippen LogP) is 1.95. The van der Waals surface area contributed by atoms with Gasteiger partial charge in [-0.1, -0.05) is 12.5 Å². The minimum Gasteiger partial charge on any atom is -0.508 e. The van der Waals surface area contributed by atoms with Crippen LogP contribution in [0.15, 0.2) is 18.2 Å². The van der Waals surface area contributed by atoms with E-state index in [4.69, 9.17) is 16.2 Å². The van der Waals surface area contributed by atoms with Gasteiger partial charge in [0.05, 0.1) is 7.11 Å². The first-order valence-corrected chi connectivity index (χ1v) is 5.51. The lowest BCUT2D eigenvalue weighted by Gasteiger charge is -2.15. The van der Waals surface area contributed by atoms with Gasteiger partial charge in [-0.25, -0.2) is 0 Å². The molecule has 5 N–H and O–H groups in total. The smallest absolute Gasteiger partial charge is 0.127 e. The third-order valence-electron chi connectivity index (χ3n) is 2.59. The van der Waals surface area contributed by atoms with Crippen LogP contribution in [0, 0.1) is 0 Å². The Bertz CT molecular complexity index is 334. The van der Waals surface area contributed by atoms with Gasteiger partial charge >= 0.3 is 0 Å². The van der Waals surface area contributed by atoms with Gasteiger partial charge in [0.1, 0.15) is 11.5 Å². The number of hydrogen-bond donors (Lipinski definition) is 3. The third kappa shape index (κ3) is 4.81. The van der Waals surface area contributed by atoms with Crippen LogP contribution < -0.4 is 16.2 Å². The van der Waals surface area contributed by atoms with Gasteiger partial charge in [-0.3, -0.25) is 0 Å². The molecular formula is C12H21ClN2O2. The zero-order valence-corrected chi connectivity index (χ0v) is 10.9. The Balaban J connectivity index is 0.00000256. The molecule has 0 aliphatic rings. The van der Waals surface area contributed by atoms with Crippen molar-refractivity contribution in [3.63, 3.8) is 0 Å². The lowest BCUT2D eigenvalue weighted by molar-refractivity contribution is 0.397. The summed E-state index contributed by atoms with van der Waals surface area (Å²) < 4.78 is 5.19. The summed E-state index contributed by atoms with van der Waals surface area (Å²) in [6, 6.07) is 4.95. The van der Waals surface area contributed by atoms with Gasteiger partial charge in [-0.15, -0.1) is 12.4 Å². The van der Waals surface area contributed by atoms with Crippen molar-refractivity contribution in [1.82, 2.24) is 0 Å². The van der Waals surface area contributed by atoms with Crippen molar-refractivity contribution < 1.29 is 9.84 Å². The third-order valence-corrected chi connectivity index (χ3v) is 2.59. The second-order valence-electron chi connectivity index (χ2n) is 3.82. The summed E-state index contributed by atoms with van der Waals surface area (Å²) in [7, 11) is 1.57. The molecule has 4 nitrogen and oxygen atoms in total. The number of aromatic hydroxyl groups is 1. The number of nitrogens with two attached hydrogens (primary N) is 2. The van der Waals surface area contributed by atoms with Crippen LogP contribution in [0.25, 0.3) is 0 Å². The second-order valence-corrected chi connectivity index (χ2v) is 3.82. The number of phenols is 1. The van der Waals surface area contributed by atoms with E-state index in [0.717, 1.165) is 24.8 Å². The lowest BCUT2D eigenvalue weighted by atomic mass is 10.0. The molecule has 0 amide bonds. The van der Waals surface area contributed by atoms with E-state index < -0.39 is 0 Å². The molecule has 0 heterocycles. The van der Waals surface area contributed by atoms with Crippen LogP contribution in [-0.4, -0.2) is 18.8 Å². The Morgan fingerprint density at radius 2 is 2.06 bits per heavy atom. The summed E-state index contributed by atoms with van der Waals surface area (Å²) in [5.41, 5.74) is 12.4. The van der Waals surface area contributed by atoms with Gasteiger partial charge < -0.3 is 21.3 Å². The average molecular weight is 261 g/mol. The average Bonchev–Trinajstić information content (AvgIpc) is 2.29. The van der Waals surface area contributed by atoms with Crippen LogP contribution in [0.3, 0.4) is 0 Å². The van der Waals surface area contributed by atoms with Crippen molar-refractivity contribution in [1.29, 1.82) is 0 Å². The Morgan fingerprint density at radius 3 is 2.65 bits per heavy atom. The standard InChI is InChI=1S/C12H20N2O2.ClH/c1-16-12-8-9(15)5-6-10(12)11(14)4-2-3-7-13;/h5-6,8,11,15H,2-4,7,13-14H2,1H3;1H/t11-;/m0./s1. The van der Waals surface area contributed by atoms with Crippen molar-refractivity contribution in [3.8, 4) is 11.5 Å². The maximum absolute atomic E-state index is 9.33. The molecule has 0 aliphatic heterocycles. The summed E-state index contributed by atoms with van der Waals surface area (Å²) in [5, 5.41) is 9.33. The van der Waals surface area contributed by atoms with E-state index in [9.17, 15) is 5.11 Å². The molecule has 0 saturated heterocycles. The van der Waals surface area contributed by atoms with Crippen molar-refractivity contribution in [2.75, 3.05) is 13.7 Å². The van der Waals surface area contributed by atoms with E-state index in [-0.39, 0.29) is 24.2 Å². The van der Waals surface area contributed by atoms with E-state index in [1.165, 1.54) is 0 Å². The quantitative estimate of drug-likeness (QED) is 0.683. The highest BCUT2D eigenvalue weighted by Gasteiger charge is 2.11. The van der Waals surface area contributed by atoms with Crippen LogP contribution in [0.2, 0.25) is 0 Å². The topological polar surface area (TPSA) is 81.5 Å².